The van der Waals surface area contributed by atoms with Gasteiger partial charge in [0.25, 0.3) is 0 Å². The van der Waals surface area contributed by atoms with Gasteiger partial charge >= 0.3 is 0 Å². The number of carbonyl (C=O) groups excluding carboxylic acids is 1. The van der Waals surface area contributed by atoms with E-state index in [-0.39, 0.29) is 24.4 Å². The zero-order valence-corrected chi connectivity index (χ0v) is 14.1. The maximum atomic E-state index is 12.2. The smallest absolute Gasteiger partial charge is 0.239 e. The molecule has 2 aliphatic rings. The number of ether oxygens (including phenoxy) is 1. The number of nitrogens with two attached hydrogens (primary N) is 1. The molecule has 6 heteroatoms. The third-order valence-corrected chi connectivity index (χ3v) is 4.48. The van der Waals surface area contributed by atoms with Crippen molar-refractivity contribution in [1.29, 1.82) is 0 Å². The molecule has 2 N–H and O–H groups in total. The van der Waals surface area contributed by atoms with Gasteiger partial charge in [0.1, 0.15) is 0 Å². The molecule has 21 heavy (non-hydrogen) atoms. The lowest BCUT2D eigenvalue weighted by molar-refractivity contribution is -0.134. The Morgan fingerprint density at radius 3 is 2.57 bits per heavy atom. The van der Waals surface area contributed by atoms with Crippen LogP contribution in [0.25, 0.3) is 0 Å². The minimum absolute atomic E-state index is 0. The number of nitrogens with zero attached hydrogens (tertiary/aromatic N) is 2. The van der Waals surface area contributed by atoms with Gasteiger partial charge in [-0.15, -0.1) is 12.4 Å². The number of morpholine rings is 1. The van der Waals surface area contributed by atoms with Crippen LogP contribution in [0.4, 0.5) is 0 Å². The van der Waals surface area contributed by atoms with Gasteiger partial charge in [0.2, 0.25) is 5.91 Å². The maximum Gasteiger partial charge on any atom is 0.239 e. The normalized spacial score (nSPS) is 26.2. The van der Waals surface area contributed by atoms with Gasteiger partial charge in [0.15, 0.2) is 0 Å². The maximum absolute atomic E-state index is 12.2. The number of halogens is 1. The number of amides is 1. The van der Waals surface area contributed by atoms with E-state index in [1.807, 2.05) is 4.90 Å². The number of hydrogen-bond donors (Lipinski definition) is 1. The summed E-state index contributed by atoms with van der Waals surface area (Å²) in [5.74, 6) is 0.139. The van der Waals surface area contributed by atoms with E-state index in [2.05, 4.69) is 18.7 Å². The number of rotatable bonds is 4. The van der Waals surface area contributed by atoms with Crippen LogP contribution in [0.2, 0.25) is 0 Å². The first-order valence-electron chi connectivity index (χ1n) is 8.01. The third-order valence-electron chi connectivity index (χ3n) is 4.48. The van der Waals surface area contributed by atoms with E-state index in [1.165, 1.54) is 0 Å². The molecule has 2 saturated heterocycles. The summed E-state index contributed by atoms with van der Waals surface area (Å²) in [5.41, 5.74) is 5.94. The first-order valence-corrected chi connectivity index (χ1v) is 8.01. The molecule has 0 aromatic rings. The molecule has 2 fully saturated rings. The minimum atomic E-state index is -0.306. The van der Waals surface area contributed by atoms with Crippen molar-refractivity contribution >= 4 is 18.3 Å². The Hall–Kier alpha value is -0.360. The first kappa shape index (κ1) is 18.7. The zero-order chi connectivity index (χ0) is 14.5. The highest BCUT2D eigenvalue weighted by Crippen LogP contribution is 2.20. The fourth-order valence-corrected chi connectivity index (χ4v) is 3.30. The quantitative estimate of drug-likeness (QED) is 0.847. The highest BCUT2D eigenvalue weighted by atomic mass is 35.5. The van der Waals surface area contributed by atoms with E-state index in [9.17, 15) is 4.79 Å². The molecular formula is C15H30ClN3O2. The van der Waals surface area contributed by atoms with E-state index >= 15 is 0 Å². The topological polar surface area (TPSA) is 58.8 Å². The summed E-state index contributed by atoms with van der Waals surface area (Å²) in [6.45, 7) is 8.79. The molecule has 2 atom stereocenters. The second-order valence-electron chi connectivity index (χ2n) is 6.13. The van der Waals surface area contributed by atoms with Crippen LogP contribution in [-0.4, -0.2) is 66.7 Å². The lowest BCUT2D eigenvalue weighted by Crippen LogP contribution is -2.53. The van der Waals surface area contributed by atoms with E-state index in [1.54, 1.807) is 0 Å². The first-order chi connectivity index (χ1) is 9.61. The van der Waals surface area contributed by atoms with Gasteiger partial charge in [-0.2, -0.15) is 0 Å². The average Bonchev–Trinajstić information content (AvgIpc) is 2.47. The van der Waals surface area contributed by atoms with Crippen molar-refractivity contribution in [3.05, 3.63) is 0 Å². The van der Waals surface area contributed by atoms with Gasteiger partial charge in [-0.05, 0) is 26.2 Å². The monoisotopic (exact) mass is 319 g/mol. The largest absolute Gasteiger partial charge is 0.376 e. The lowest BCUT2D eigenvalue weighted by atomic mass is 10.0. The molecule has 124 valence electrons. The molecule has 5 nitrogen and oxygen atoms in total. The molecule has 2 heterocycles. The molecule has 2 aliphatic heterocycles. The minimum Gasteiger partial charge on any atom is -0.376 e. The van der Waals surface area contributed by atoms with E-state index in [0.29, 0.717) is 12.1 Å². The molecule has 0 aromatic carbocycles. The number of hydrogen-bond acceptors (Lipinski definition) is 4. The molecule has 0 radical (unpaired) electrons. The van der Waals surface area contributed by atoms with E-state index in [4.69, 9.17) is 10.5 Å². The van der Waals surface area contributed by atoms with Crippen molar-refractivity contribution in [2.75, 3.05) is 32.8 Å². The van der Waals surface area contributed by atoms with Crippen molar-refractivity contribution in [2.45, 2.75) is 57.7 Å². The Labute approximate surface area is 134 Å². The summed E-state index contributed by atoms with van der Waals surface area (Å²) < 4.78 is 5.59. The second kappa shape index (κ2) is 8.93. The predicted molar refractivity (Wildman–Crippen MR) is 86.7 cm³/mol. The van der Waals surface area contributed by atoms with E-state index in [0.717, 1.165) is 58.5 Å². The second-order valence-corrected chi connectivity index (χ2v) is 6.13. The third kappa shape index (κ3) is 5.09. The Kier molecular flexibility index (Phi) is 7.95. The SMILES string of the molecule is CCCC(N)C(=O)N1CCC(N2CCOC(C)C2)CC1.Cl. The molecule has 0 spiro atoms. The average molecular weight is 320 g/mol. The lowest BCUT2D eigenvalue weighted by Gasteiger charge is -2.42. The Morgan fingerprint density at radius 2 is 2.00 bits per heavy atom. The summed E-state index contributed by atoms with van der Waals surface area (Å²) in [5, 5.41) is 0. The molecule has 1 amide bonds. The summed E-state index contributed by atoms with van der Waals surface area (Å²) >= 11 is 0. The summed E-state index contributed by atoms with van der Waals surface area (Å²) in [4.78, 5) is 16.7. The van der Waals surface area contributed by atoms with Crippen LogP contribution in [0.15, 0.2) is 0 Å². The van der Waals surface area contributed by atoms with Crippen molar-refractivity contribution in [3.8, 4) is 0 Å². The van der Waals surface area contributed by atoms with Gasteiger partial charge in [-0.3, -0.25) is 9.69 Å². The van der Waals surface area contributed by atoms with Gasteiger partial charge < -0.3 is 15.4 Å². The molecule has 0 bridgehead atoms. The van der Waals surface area contributed by atoms with Crippen LogP contribution in [-0.2, 0) is 9.53 Å². The predicted octanol–water partition coefficient (Wildman–Crippen LogP) is 1.25. The van der Waals surface area contributed by atoms with Crippen molar-refractivity contribution < 1.29 is 9.53 Å². The van der Waals surface area contributed by atoms with Crippen LogP contribution < -0.4 is 5.73 Å². The zero-order valence-electron chi connectivity index (χ0n) is 13.3. The molecule has 0 aromatic heterocycles. The number of carbonyl (C=O) groups is 1. The summed E-state index contributed by atoms with van der Waals surface area (Å²) in [6, 6.07) is 0.299. The van der Waals surface area contributed by atoms with Gasteiger partial charge in [0, 0.05) is 32.2 Å². The molecule has 2 rings (SSSR count). The molecule has 2 unspecified atom stereocenters. The van der Waals surface area contributed by atoms with Crippen LogP contribution in [0.1, 0.15) is 39.5 Å². The van der Waals surface area contributed by atoms with Crippen LogP contribution in [0.3, 0.4) is 0 Å². The van der Waals surface area contributed by atoms with Crippen LogP contribution in [0, 0.1) is 0 Å². The fraction of sp³-hybridized carbons (Fsp3) is 0.933. The fourth-order valence-electron chi connectivity index (χ4n) is 3.30. The van der Waals surface area contributed by atoms with Crippen molar-refractivity contribution in [3.63, 3.8) is 0 Å². The Bertz CT molecular complexity index is 322. The van der Waals surface area contributed by atoms with Crippen molar-refractivity contribution in [2.24, 2.45) is 5.73 Å². The summed E-state index contributed by atoms with van der Waals surface area (Å²) in [7, 11) is 0. The molecule has 0 saturated carbocycles. The highest BCUT2D eigenvalue weighted by Gasteiger charge is 2.30. The Balaban J connectivity index is 0.00000220. The Morgan fingerprint density at radius 1 is 1.33 bits per heavy atom. The standard InChI is InChI=1S/C15H29N3O2.ClH/c1-3-4-14(16)15(19)17-7-5-13(6-8-17)18-9-10-20-12(2)11-18;/h12-14H,3-11,16H2,1-2H3;1H. The number of piperidine rings is 1. The van der Waals surface area contributed by atoms with Crippen LogP contribution in [0.5, 0.6) is 0 Å². The highest BCUT2D eigenvalue weighted by molar-refractivity contribution is 5.85. The summed E-state index contributed by atoms with van der Waals surface area (Å²) in [6.07, 6.45) is 4.23. The van der Waals surface area contributed by atoms with Crippen molar-refractivity contribution in [1.82, 2.24) is 9.80 Å². The van der Waals surface area contributed by atoms with Gasteiger partial charge in [-0.1, -0.05) is 13.3 Å². The van der Waals surface area contributed by atoms with Crippen LogP contribution >= 0.6 is 12.4 Å². The van der Waals surface area contributed by atoms with Gasteiger partial charge in [0.05, 0.1) is 18.8 Å². The van der Waals surface area contributed by atoms with Gasteiger partial charge in [-0.25, -0.2) is 0 Å². The number of likely N-dealkylation sites (tertiary alicyclic amines) is 1. The molecule has 0 aliphatic carbocycles. The van der Waals surface area contributed by atoms with E-state index < -0.39 is 0 Å². The molecular weight excluding hydrogens is 290 g/mol.